The second kappa shape index (κ2) is 9.27. The van der Waals surface area contributed by atoms with Crippen molar-refractivity contribution in [2.45, 2.75) is 50.6 Å². The van der Waals surface area contributed by atoms with Gasteiger partial charge < -0.3 is 21.1 Å². The van der Waals surface area contributed by atoms with E-state index in [-0.39, 0.29) is 35.9 Å². The van der Waals surface area contributed by atoms with Crippen LogP contribution in [0.15, 0.2) is 42.9 Å². The van der Waals surface area contributed by atoms with Crippen LogP contribution in [0.5, 0.6) is 0 Å². The first-order chi connectivity index (χ1) is 16.4. The van der Waals surface area contributed by atoms with Crippen molar-refractivity contribution < 1.29 is 14.3 Å². The summed E-state index contributed by atoms with van der Waals surface area (Å²) < 4.78 is 14.7. The lowest BCUT2D eigenvalue weighted by atomic mass is 9.76. The molecule has 7 nitrogen and oxygen atoms in total. The van der Waals surface area contributed by atoms with Crippen molar-refractivity contribution in [3.63, 3.8) is 0 Å². The number of halogens is 1. The molecule has 1 unspecified atom stereocenters. The number of pyridine rings is 2. The van der Waals surface area contributed by atoms with Gasteiger partial charge in [-0.1, -0.05) is 6.92 Å². The number of carbonyl (C=O) groups excluding carboxylic acids is 1. The van der Waals surface area contributed by atoms with Crippen LogP contribution in [0.3, 0.4) is 0 Å². The summed E-state index contributed by atoms with van der Waals surface area (Å²) in [6, 6.07) is 6.58. The number of hydrogen-bond donors (Lipinski definition) is 3. The SMILES string of the molecule is C[C@@H]1C[C@H](N)C[C@H](c2ccncc2NC(=O)c2ccc(F)c3cc(N4CCC4CO)cnc23)C1. The molecule has 178 valence electrons. The van der Waals surface area contributed by atoms with E-state index in [0.29, 0.717) is 22.7 Å². The molecule has 1 saturated heterocycles. The molecule has 2 aromatic heterocycles. The molecule has 0 bridgehead atoms. The molecule has 0 spiro atoms. The summed E-state index contributed by atoms with van der Waals surface area (Å²) in [6.07, 6.45) is 8.81. The summed E-state index contributed by atoms with van der Waals surface area (Å²) >= 11 is 0. The highest BCUT2D eigenvalue weighted by Crippen LogP contribution is 2.38. The zero-order valence-electron chi connectivity index (χ0n) is 19.2. The Labute approximate surface area is 198 Å². The Bertz CT molecular complexity index is 1210. The van der Waals surface area contributed by atoms with Crippen LogP contribution in [0.2, 0.25) is 0 Å². The van der Waals surface area contributed by atoms with Gasteiger partial charge in [0.1, 0.15) is 5.82 Å². The van der Waals surface area contributed by atoms with Gasteiger partial charge in [-0.3, -0.25) is 14.8 Å². The lowest BCUT2D eigenvalue weighted by Crippen LogP contribution is -2.50. The Morgan fingerprint density at radius 1 is 1.26 bits per heavy atom. The van der Waals surface area contributed by atoms with Crippen LogP contribution in [0.25, 0.3) is 10.9 Å². The third-order valence-corrected chi connectivity index (χ3v) is 7.24. The van der Waals surface area contributed by atoms with Gasteiger partial charge in [0.15, 0.2) is 0 Å². The van der Waals surface area contributed by atoms with Crippen LogP contribution in [0.4, 0.5) is 15.8 Å². The van der Waals surface area contributed by atoms with Crippen molar-refractivity contribution >= 4 is 28.2 Å². The van der Waals surface area contributed by atoms with E-state index in [1.165, 1.54) is 12.1 Å². The Hall–Kier alpha value is -3.10. The molecule has 4 atom stereocenters. The monoisotopic (exact) mass is 463 g/mol. The van der Waals surface area contributed by atoms with Gasteiger partial charge in [0.2, 0.25) is 0 Å². The molecule has 2 fully saturated rings. The molecular formula is C26H30FN5O2. The summed E-state index contributed by atoms with van der Waals surface area (Å²) in [5.74, 6) is -0.0282. The maximum absolute atomic E-state index is 14.7. The summed E-state index contributed by atoms with van der Waals surface area (Å²) in [4.78, 5) is 24.0. The van der Waals surface area contributed by atoms with Crippen molar-refractivity contribution in [1.29, 1.82) is 0 Å². The molecule has 1 aliphatic carbocycles. The number of fused-ring (bicyclic) bond motifs is 1. The largest absolute Gasteiger partial charge is 0.394 e. The highest BCUT2D eigenvalue weighted by molar-refractivity contribution is 6.12. The molecule has 1 amide bonds. The summed E-state index contributed by atoms with van der Waals surface area (Å²) in [6.45, 7) is 3.04. The lowest BCUT2D eigenvalue weighted by Gasteiger charge is -2.41. The van der Waals surface area contributed by atoms with Gasteiger partial charge in [0, 0.05) is 24.2 Å². The van der Waals surface area contributed by atoms with E-state index in [4.69, 9.17) is 5.73 Å². The minimum Gasteiger partial charge on any atom is -0.394 e. The number of aliphatic hydroxyl groups excluding tert-OH is 1. The third kappa shape index (κ3) is 4.23. The van der Waals surface area contributed by atoms with Gasteiger partial charge in [0.25, 0.3) is 5.91 Å². The maximum atomic E-state index is 14.7. The first-order valence-electron chi connectivity index (χ1n) is 11.9. The maximum Gasteiger partial charge on any atom is 0.257 e. The molecule has 3 aromatic rings. The van der Waals surface area contributed by atoms with Crippen LogP contribution < -0.4 is 16.0 Å². The molecule has 4 N–H and O–H groups in total. The fraction of sp³-hybridized carbons (Fsp3) is 0.423. The van der Waals surface area contributed by atoms with E-state index in [0.717, 1.165) is 43.5 Å². The number of nitrogens with zero attached hydrogens (tertiary/aromatic N) is 3. The van der Waals surface area contributed by atoms with E-state index in [1.54, 1.807) is 24.7 Å². The van der Waals surface area contributed by atoms with E-state index >= 15 is 0 Å². The van der Waals surface area contributed by atoms with Crippen molar-refractivity contribution in [1.82, 2.24) is 9.97 Å². The fourth-order valence-corrected chi connectivity index (χ4v) is 5.45. The molecule has 1 aromatic carbocycles. The van der Waals surface area contributed by atoms with Crippen molar-refractivity contribution in [3.05, 3.63) is 59.8 Å². The van der Waals surface area contributed by atoms with Gasteiger partial charge >= 0.3 is 0 Å². The predicted octanol–water partition coefficient (Wildman–Crippen LogP) is 3.82. The quantitative estimate of drug-likeness (QED) is 0.531. The van der Waals surface area contributed by atoms with Gasteiger partial charge in [-0.05, 0) is 67.3 Å². The standard InChI is InChI=1S/C26H30FN5O2/c1-15-8-16(10-17(28)9-15)20-4-6-29-13-24(20)31-26(34)21-2-3-23(27)22-11-19(12-30-25(21)22)32-7-5-18(32)14-33/h2-4,6,11-13,15-18,33H,5,7-10,14,28H2,1H3,(H,31,34)/t15-,16+,17-,18?/m0/s1. The number of benzene rings is 1. The normalized spacial score (nSPS) is 24.6. The second-order valence-corrected chi connectivity index (χ2v) is 9.69. The number of nitrogens with one attached hydrogen (secondary N) is 1. The predicted molar refractivity (Wildman–Crippen MR) is 130 cm³/mol. The number of carbonyl (C=O) groups is 1. The van der Waals surface area contributed by atoms with Crippen molar-refractivity contribution in [2.75, 3.05) is 23.4 Å². The van der Waals surface area contributed by atoms with E-state index < -0.39 is 5.82 Å². The zero-order valence-corrected chi connectivity index (χ0v) is 19.2. The Balaban J connectivity index is 1.44. The fourth-order valence-electron chi connectivity index (χ4n) is 5.45. The number of aliphatic hydroxyl groups is 1. The van der Waals surface area contributed by atoms with Gasteiger partial charge in [-0.25, -0.2) is 4.39 Å². The topological polar surface area (TPSA) is 104 Å². The van der Waals surface area contributed by atoms with E-state index in [2.05, 4.69) is 22.2 Å². The van der Waals surface area contributed by atoms with Crippen LogP contribution in [-0.4, -0.2) is 46.2 Å². The summed E-state index contributed by atoms with van der Waals surface area (Å²) in [5, 5.41) is 12.8. The first-order valence-corrected chi connectivity index (χ1v) is 11.9. The molecule has 2 aliphatic rings. The molecule has 3 heterocycles. The number of nitrogens with two attached hydrogens (primary N) is 1. The Morgan fingerprint density at radius 2 is 2.12 bits per heavy atom. The van der Waals surface area contributed by atoms with Crippen molar-refractivity contribution in [2.24, 2.45) is 11.7 Å². The summed E-state index contributed by atoms with van der Waals surface area (Å²) in [7, 11) is 0. The zero-order chi connectivity index (χ0) is 23.8. The number of rotatable bonds is 5. The lowest BCUT2D eigenvalue weighted by molar-refractivity contribution is 0.102. The Kier molecular flexibility index (Phi) is 6.18. The highest BCUT2D eigenvalue weighted by Gasteiger charge is 2.29. The van der Waals surface area contributed by atoms with E-state index in [9.17, 15) is 14.3 Å². The minimum absolute atomic E-state index is 0.0217. The summed E-state index contributed by atoms with van der Waals surface area (Å²) in [5.41, 5.74) is 9.30. The molecule has 34 heavy (non-hydrogen) atoms. The number of aromatic nitrogens is 2. The van der Waals surface area contributed by atoms with Crippen molar-refractivity contribution in [3.8, 4) is 0 Å². The number of amides is 1. The molecule has 5 rings (SSSR count). The number of anilines is 2. The molecule has 1 saturated carbocycles. The van der Waals surface area contributed by atoms with E-state index in [1.807, 2.05) is 11.0 Å². The Morgan fingerprint density at radius 3 is 2.85 bits per heavy atom. The smallest absolute Gasteiger partial charge is 0.257 e. The van der Waals surface area contributed by atoms with Gasteiger partial charge in [0.05, 0.1) is 47.5 Å². The van der Waals surface area contributed by atoms with Crippen LogP contribution in [-0.2, 0) is 0 Å². The van der Waals surface area contributed by atoms with Crippen LogP contribution in [0, 0.1) is 11.7 Å². The average molecular weight is 464 g/mol. The van der Waals surface area contributed by atoms with Crippen LogP contribution in [0.1, 0.15) is 54.4 Å². The molecule has 8 heteroatoms. The first kappa shape index (κ1) is 22.7. The molecule has 1 aliphatic heterocycles. The van der Waals surface area contributed by atoms with Gasteiger partial charge in [-0.15, -0.1) is 0 Å². The van der Waals surface area contributed by atoms with Crippen LogP contribution >= 0.6 is 0 Å². The second-order valence-electron chi connectivity index (χ2n) is 9.69. The van der Waals surface area contributed by atoms with Gasteiger partial charge in [-0.2, -0.15) is 0 Å². The third-order valence-electron chi connectivity index (χ3n) is 7.24. The molecule has 0 radical (unpaired) electrons. The molecular weight excluding hydrogens is 433 g/mol. The highest BCUT2D eigenvalue weighted by atomic mass is 19.1. The average Bonchev–Trinajstić information content (AvgIpc) is 2.79. The minimum atomic E-state index is -0.436. The number of hydrogen-bond acceptors (Lipinski definition) is 6.